The smallest absolute Gasteiger partial charge is 0.478 e. The Kier molecular flexibility index (Phi) is 7.70. The molecule has 1 saturated heterocycles. The number of carbonyl (C=O) groups excluding carboxylic acids is 1. The van der Waals surface area contributed by atoms with Gasteiger partial charge in [0.15, 0.2) is 0 Å². The van der Waals surface area contributed by atoms with Gasteiger partial charge in [0, 0.05) is 24.7 Å². The highest BCUT2D eigenvalue weighted by molar-refractivity contribution is 5.88. The zero-order valence-corrected chi connectivity index (χ0v) is 17.2. The number of likely N-dealkylation sites (tertiary alicyclic amines) is 1. The molecule has 1 aliphatic rings. The monoisotopic (exact) mass is 432 g/mol. The lowest BCUT2D eigenvalue weighted by molar-refractivity contribution is -0.275. The number of carboxylic acid groups (broad SMARTS) is 1. The van der Waals surface area contributed by atoms with Gasteiger partial charge in [0.05, 0.1) is 12.1 Å². The summed E-state index contributed by atoms with van der Waals surface area (Å²) in [5.41, 5.74) is -0.618. The van der Waals surface area contributed by atoms with Gasteiger partial charge in [-0.05, 0) is 52.3 Å². The summed E-state index contributed by atoms with van der Waals surface area (Å²) in [6.45, 7) is 6.74. The molecule has 1 aromatic carbocycles. The number of esters is 1. The van der Waals surface area contributed by atoms with Crippen molar-refractivity contribution in [2.45, 2.75) is 58.2 Å². The molecule has 1 aromatic rings. The van der Waals surface area contributed by atoms with Crippen molar-refractivity contribution in [3.63, 3.8) is 0 Å². The average molecular weight is 432 g/mol. The molecule has 1 atom stereocenters. The normalized spacial score (nSPS) is 18.1. The molecule has 0 saturated carbocycles. The van der Waals surface area contributed by atoms with Crippen LogP contribution >= 0.6 is 0 Å². The van der Waals surface area contributed by atoms with Gasteiger partial charge >= 0.3 is 18.3 Å². The third-order valence-corrected chi connectivity index (χ3v) is 4.39. The Hall–Kier alpha value is -2.33. The van der Waals surface area contributed by atoms with Crippen LogP contribution in [0.2, 0.25) is 0 Å². The number of alkyl halides is 3. The van der Waals surface area contributed by atoms with Crippen LogP contribution in [0.3, 0.4) is 0 Å². The maximum Gasteiger partial charge on any atom is 0.573 e. The maximum atomic E-state index is 12.8. The van der Waals surface area contributed by atoms with Crippen LogP contribution in [-0.4, -0.2) is 59.6 Å². The first-order valence-electron chi connectivity index (χ1n) is 9.62. The van der Waals surface area contributed by atoms with E-state index >= 15 is 0 Å². The second-order valence-electron chi connectivity index (χ2n) is 8.22. The molecule has 2 rings (SSSR count). The maximum absolute atomic E-state index is 12.8. The van der Waals surface area contributed by atoms with Crippen LogP contribution in [0.4, 0.5) is 13.2 Å². The van der Waals surface area contributed by atoms with Crippen molar-refractivity contribution >= 4 is 11.9 Å². The summed E-state index contributed by atoms with van der Waals surface area (Å²) in [5, 5.41) is 12.2. The van der Waals surface area contributed by atoms with Gasteiger partial charge in [-0.1, -0.05) is 6.07 Å². The zero-order chi connectivity index (χ0) is 22.5. The van der Waals surface area contributed by atoms with E-state index < -0.39 is 23.7 Å². The lowest BCUT2D eigenvalue weighted by Gasteiger charge is -2.33. The number of nitrogens with zero attached hydrogens (tertiary/aromatic N) is 1. The van der Waals surface area contributed by atoms with Gasteiger partial charge in [-0.3, -0.25) is 9.69 Å². The summed E-state index contributed by atoms with van der Waals surface area (Å²) >= 11 is 0. The molecule has 30 heavy (non-hydrogen) atoms. The number of ether oxygens (including phenoxy) is 2. The standard InChI is InChI=1S/C20H27F3N2O5/c1-19(2,3)30-17(26)10-24-15-5-4-8-25(12-15)11-14-7-6-13(18(27)28)9-16(14)29-20(21,22)23/h6-7,9,15,24H,4-5,8,10-12H2,1-3H3,(H,27,28)/t15-/m0/s1. The number of carbonyl (C=O) groups is 2. The Morgan fingerprint density at radius 2 is 1.97 bits per heavy atom. The molecule has 2 N–H and O–H groups in total. The highest BCUT2D eigenvalue weighted by Crippen LogP contribution is 2.29. The third kappa shape index (κ3) is 8.19. The highest BCUT2D eigenvalue weighted by atomic mass is 19.4. The first-order chi connectivity index (χ1) is 13.8. The van der Waals surface area contributed by atoms with Gasteiger partial charge in [-0.15, -0.1) is 13.2 Å². The number of benzene rings is 1. The van der Waals surface area contributed by atoms with Crippen LogP contribution in [0.15, 0.2) is 18.2 Å². The van der Waals surface area contributed by atoms with E-state index in [1.165, 1.54) is 12.1 Å². The Morgan fingerprint density at radius 1 is 1.27 bits per heavy atom. The van der Waals surface area contributed by atoms with Crippen LogP contribution in [0.5, 0.6) is 5.75 Å². The molecular formula is C20H27F3N2O5. The number of halogens is 3. The van der Waals surface area contributed by atoms with E-state index in [4.69, 9.17) is 9.84 Å². The van der Waals surface area contributed by atoms with E-state index in [0.717, 1.165) is 18.9 Å². The summed E-state index contributed by atoms with van der Waals surface area (Å²) in [4.78, 5) is 24.9. The second-order valence-corrected chi connectivity index (χ2v) is 8.22. The molecule has 1 aliphatic heterocycles. The van der Waals surface area contributed by atoms with Gasteiger partial charge in [0.25, 0.3) is 0 Å². The fraction of sp³-hybridized carbons (Fsp3) is 0.600. The molecule has 10 heteroatoms. The molecule has 0 spiro atoms. The van der Waals surface area contributed by atoms with E-state index in [-0.39, 0.29) is 36.2 Å². The van der Waals surface area contributed by atoms with Crippen molar-refractivity contribution in [1.29, 1.82) is 0 Å². The van der Waals surface area contributed by atoms with Crippen LogP contribution in [0.1, 0.15) is 49.5 Å². The van der Waals surface area contributed by atoms with Crippen molar-refractivity contribution in [3.8, 4) is 5.75 Å². The molecule has 0 aromatic heterocycles. The Balaban J connectivity index is 2.01. The largest absolute Gasteiger partial charge is 0.573 e. The van der Waals surface area contributed by atoms with Crippen molar-refractivity contribution in [2.75, 3.05) is 19.6 Å². The van der Waals surface area contributed by atoms with Gasteiger partial charge in [-0.2, -0.15) is 0 Å². The fourth-order valence-corrected chi connectivity index (χ4v) is 3.25. The van der Waals surface area contributed by atoms with Gasteiger partial charge < -0.3 is 19.9 Å². The number of hydrogen-bond donors (Lipinski definition) is 2. The minimum Gasteiger partial charge on any atom is -0.478 e. The molecule has 0 radical (unpaired) electrons. The molecule has 0 unspecified atom stereocenters. The van der Waals surface area contributed by atoms with E-state index in [9.17, 15) is 22.8 Å². The zero-order valence-electron chi connectivity index (χ0n) is 17.2. The molecule has 1 heterocycles. The molecular weight excluding hydrogens is 405 g/mol. The Labute approximate surface area is 173 Å². The fourth-order valence-electron chi connectivity index (χ4n) is 3.25. The lowest BCUT2D eigenvalue weighted by Crippen LogP contribution is -2.47. The number of aromatic carboxylic acids is 1. The van der Waals surface area contributed by atoms with E-state index in [2.05, 4.69) is 10.1 Å². The predicted octanol–water partition coefficient (Wildman–Crippen LogP) is 3.18. The van der Waals surface area contributed by atoms with Gasteiger partial charge in [0.1, 0.15) is 11.4 Å². The first-order valence-corrected chi connectivity index (χ1v) is 9.62. The van der Waals surface area contributed by atoms with Gasteiger partial charge in [0.2, 0.25) is 0 Å². The minimum atomic E-state index is -4.93. The summed E-state index contributed by atoms with van der Waals surface area (Å²) in [7, 11) is 0. The quantitative estimate of drug-likeness (QED) is 0.640. The summed E-state index contributed by atoms with van der Waals surface area (Å²) in [6.07, 6.45) is -3.30. The van der Waals surface area contributed by atoms with Crippen LogP contribution in [0.25, 0.3) is 0 Å². The molecule has 168 valence electrons. The predicted molar refractivity (Wildman–Crippen MR) is 102 cm³/mol. The number of nitrogens with one attached hydrogen (secondary N) is 1. The second kappa shape index (κ2) is 9.65. The SMILES string of the molecule is CC(C)(C)OC(=O)CN[C@H]1CCCN(Cc2ccc(C(=O)O)cc2OC(F)(F)F)C1. The van der Waals surface area contributed by atoms with Crippen molar-refractivity contribution in [3.05, 3.63) is 29.3 Å². The Morgan fingerprint density at radius 3 is 2.57 bits per heavy atom. The summed E-state index contributed by atoms with van der Waals surface area (Å²) < 4.78 is 47.6. The topological polar surface area (TPSA) is 88.1 Å². The lowest BCUT2D eigenvalue weighted by atomic mass is 10.0. The van der Waals surface area contributed by atoms with E-state index in [1.54, 1.807) is 20.8 Å². The first kappa shape index (κ1) is 23.9. The highest BCUT2D eigenvalue weighted by Gasteiger charge is 2.33. The summed E-state index contributed by atoms with van der Waals surface area (Å²) in [6, 6.07) is 3.45. The van der Waals surface area contributed by atoms with Crippen molar-refractivity contribution in [1.82, 2.24) is 10.2 Å². The van der Waals surface area contributed by atoms with Crippen LogP contribution in [0, 0.1) is 0 Å². The molecule has 0 aliphatic carbocycles. The van der Waals surface area contributed by atoms with Gasteiger partial charge in [-0.25, -0.2) is 4.79 Å². The average Bonchev–Trinajstić information content (AvgIpc) is 2.59. The molecule has 7 nitrogen and oxygen atoms in total. The van der Waals surface area contributed by atoms with E-state index in [1.807, 2.05) is 4.90 Å². The Bertz CT molecular complexity index is 762. The molecule has 0 amide bonds. The number of hydrogen-bond acceptors (Lipinski definition) is 6. The number of carboxylic acids is 1. The van der Waals surface area contributed by atoms with E-state index in [0.29, 0.717) is 13.1 Å². The van der Waals surface area contributed by atoms with Crippen LogP contribution in [-0.2, 0) is 16.1 Å². The third-order valence-electron chi connectivity index (χ3n) is 4.39. The molecule has 1 fully saturated rings. The molecule has 0 bridgehead atoms. The summed E-state index contributed by atoms with van der Waals surface area (Å²) in [5.74, 6) is -2.23. The minimum absolute atomic E-state index is 0.0171. The van der Waals surface area contributed by atoms with Crippen molar-refractivity contribution in [2.24, 2.45) is 0 Å². The number of piperidine rings is 1. The van der Waals surface area contributed by atoms with Crippen LogP contribution < -0.4 is 10.1 Å². The van der Waals surface area contributed by atoms with Crippen molar-refractivity contribution < 1.29 is 37.3 Å². The number of rotatable bonds is 7.